The molecule has 1 heterocycles. The van der Waals surface area contributed by atoms with Crippen molar-refractivity contribution in [3.05, 3.63) is 0 Å². The molecule has 1 aliphatic rings. The van der Waals surface area contributed by atoms with Gasteiger partial charge in [0, 0.05) is 6.54 Å². The monoisotopic (exact) mass is 413 g/mol. The average Bonchev–Trinajstić information content (AvgIpc) is 2.70. The number of nitrogens with one attached hydrogen (secondary N) is 1. The summed E-state index contributed by atoms with van der Waals surface area (Å²) in [6.45, 7) is 1.19. The smallest absolute Gasteiger partial charge is 0.187 e. The topological polar surface area (TPSA) is 192 Å². The van der Waals surface area contributed by atoms with Gasteiger partial charge in [-0.25, -0.2) is 0 Å². The van der Waals surface area contributed by atoms with E-state index >= 15 is 0 Å². The molecule has 0 aliphatic carbocycles. The molecule has 1 fully saturated rings. The molecule has 168 valence electrons. The minimum Gasteiger partial charge on any atom is -0.394 e. The molecule has 9 N–H and O–H groups in total. The Labute approximate surface area is 164 Å². The Balaban J connectivity index is 2.73. The van der Waals surface area contributed by atoms with Crippen LogP contribution in [-0.4, -0.2) is 122 Å². The van der Waals surface area contributed by atoms with Crippen molar-refractivity contribution < 1.29 is 50.3 Å². The standard InChI is InChI=1S/C17H35NO10/c1-2-3-4-5-18-6-9(21)12(23)16(10(22)7-19)28-17-15(26)14(25)13(24)11(8-20)27-17/h9-26H,2-8H2,1H3/t9?,10?,11?,12-,13+,14+,15?,16+,17+/m1/s1. The first-order valence-corrected chi connectivity index (χ1v) is 9.60. The van der Waals surface area contributed by atoms with Gasteiger partial charge in [0.05, 0.1) is 19.3 Å². The zero-order valence-corrected chi connectivity index (χ0v) is 16.0. The SMILES string of the molecule is CCCCCNCC(O)[C@@H](O)[C@@H](O[C@@H]1OC(CO)[C@H](O)[C@H](O)C1O)C(O)CO. The van der Waals surface area contributed by atoms with E-state index in [1.807, 2.05) is 0 Å². The highest BCUT2D eigenvalue weighted by molar-refractivity contribution is 4.91. The zero-order chi connectivity index (χ0) is 21.3. The van der Waals surface area contributed by atoms with Crippen LogP contribution in [0.3, 0.4) is 0 Å². The van der Waals surface area contributed by atoms with Gasteiger partial charge in [-0.3, -0.25) is 0 Å². The van der Waals surface area contributed by atoms with Crippen LogP contribution in [0.5, 0.6) is 0 Å². The molecule has 28 heavy (non-hydrogen) atoms. The average molecular weight is 413 g/mol. The maximum atomic E-state index is 10.4. The van der Waals surface area contributed by atoms with Gasteiger partial charge in [0.1, 0.15) is 42.7 Å². The molecule has 0 bridgehead atoms. The number of aliphatic hydroxyl groups is 8. The predicted molar refractivity (Wildman–Crippen MR) is 96.1 cm³/mol. The highest BCUT2D eigenvalue weighted by atomic mass is 16.7. The molecule has 0 spiro atoms. The molecule has 0 aromatic rings. The van der Waals surface area contributed by atoms with Crippen molar-refractivity contribution in [3.63, 3.8) is 0 Å². The Morgan fingerprint density at radius 2 is 1.64 bits per heavy atom. The van der Waals surface area contributed by atoms with E-state index in [0.717, 1.165) is 19.3 Å². The summed E-state index contributed by atoms with van der Waals surface area (Å²) >= 11 is 0. The van der Waals surface area contributed by atoms with Crippen molar-refractivity contribution in [3.8, 4) is 0 Å². The molecule has 0 saturated carbocycles. The van der Waals surface area contributed by atoms with Gasteiger partial charge in [-0.2, -0.15) is 0 Å². The van der Waals surface area contributed by atoms with Gasteiger partial charge in [0.25, 0.3) is 0 Å². The first-order chi connectivity index (χ1) is 13.3. The third-order valence-electron chi connectivity index (χ3n) is 4.75. The summed E-state index contributed by atoms with van der Waals surface area (Å²) in [5, 5.41) is 81.5. The lowest BCUT2D eigenvalue weighted by atomic mass is 9.98. The third kappa shape index (κ3) is 7.11. The van der Waals surface area contributed by atoms with Gasteiger partial charge in [-0.1, -0.05) is 19.8 Å². The summed E-state index contributed by atoms with van der Waals surface area (Å²) in [5.41, 5.74) is 0. The van der Waals surface area contributed by atoms with E-state index in [9.17, 15) is 40.9 Å². The van der Waals surface area contributed by atoms with Crippen LogP contribution in [-0.2, 0) is 9.47 Å². The maximum Gasteiger partial charge on any atom is 0.187 e. The Bertz CT molecular complexity index is 415. The van der Waals surface area contributed by atoms with E-state index in [-0.39, 0.29) is 6.54 Å². The molecule has 1 aliphatic heterocycles. The summed E-state index contributed by atoms with van der Waals surface area (Å²) in [5.74, 6) is 0. The first-order valence-electron chi connectivity index (χ1n) is 9.60. The molecular weight excluding hydrogens is 378 g/mol. The van der Waals surface area contributed by atoms with Gasteiger partial charge >= 0.3 is 0 Å². The quantitative estimate of drug-likeness (QED) is 0.134. The molecule has 0 amide bonds. The van der Waals surface area contributed by atoms with E-state index in [2.05, 4.69) is 12.2 Å². The Morgan fingerprint density at radius 3 is 2.21 bits per heavy atom. The van der Waals surface area contributed by atoms with Crippen LogP contribution < -0.4 is 5.32 Å². The number of unbranched alkanes of at least 4 members (excludes halogenated alkanes) is 2. The summed E-state index contributed by atoms with van der Waals surface area (Å²) in [7, 11) is 0. The van der Waals surface area contributed by atoms with E-state index < -0.39 is 68.3 Å². The Hall–Kier alpha value is -0.440. The summed E-state index contributed by atoms with van der Waals surface area (Å²) < 4.78 is 10.5. The van der Waals surface area contributed by atoms with Crippen LogP contribution in [0.15, 0.2) is 0 Å². The minimum absolute atomic E-state index is 0.00241. The van der Waals surface area contributed by atoms with Crippen LogP contribution in [0.2, 0.25) is 0 Å². The van der Waals surface area contributed by atoms with Crippen LogP contribution in [0.1, 0.15) is 26.2 Å². The second kappa shape index (κ2) is 13.0. The van der Waals surface area contributed by atoms with Gasteiger partial charge in [-0.15, -0.1) is 0 Å². The third-order valence-corrected chi connectivity index (χ3v) is 4.75. The fourth-order valence-corrected chi connectivity index (χ4v) is 2.93. The van der Waals surface area contributed by atoms with Gasteiger partial charge in [0.15, 0.2) is 6.29 Å². The normalized spacial score (nSPS) is 32.7. The highest BCUT2D eigenvalue weighted by Gasteiger charge is 2.46. The van der Waals surface area contributed by atoms with Crippen molar-refractivity contribution in [1.29, 1.82) is 0 Å². The molecule has 11 nitrogen and oxygen atoms in total. The molecule has 0 aromatic carbocycles. The predicted octanol–water partition coefficient (Wildman–Crippen LogP) is -3.97. The lowest BCUT2D eigenvalue weighted by Gasteiger charge is -2.42. The maximum absolute atomic E-state index is 10.4. The second-order valence-electron chi connectivity index (χ2n) is 7.02. The lowest BCUT2D eigenvalue weighted by molar-refractivity contribution is -0.327. The number of hydrogen-bond donors (Lipinski definition) is 9. The van der Waals surface area contributed by atoms with Crippen molar-refractivity contribution in [2.24, 2.45) is 0 Å². The number of aliphatic hydroxyl groups excluding tert-OH is 8. The highest BCUT2D eigenvalue weighted by Crippen LogP contribution is 2.24. The fourth-order valence-electron chi connectivity index (χ4n) is 2.93. The largest absolute Gasteiger partial charge is 0.394 e. The zero-order valence-electron chi connectivity index (χ0n) is 16.0. The molecule has 0 aromatic heterocycles. The van der Waals surface area contributed by atoms with E-state index in [1.54, 1.807) is 0 Å². The summed E-state index contributed by atoms with van der Waals surface area (Å²) in [6.07, 6.45) is -11.2. The van der Waals surface area contributed by atoms with Crippen molar-refractivity contribution in [1.82, 2.24) is 5.32 Å². The van der Waals surface area contributed by atoms with E-state index in [0.29, 0.717) is 6.54 Å². The Kier molecular flexibility index (Phi) is 11.9. The minimum atomic E-state index is -1.75. The van der Waals surface area contributed by atoms with Crippen molar-refractivity contribution in [2.45, 2.75) is 81.3 Å². The van der Waals surface area contributed by atoms with Gasteiger partial charge in [-0.05, 0) is 13.0 Å². The number of hydrogen-bond acceptors (Lipinski definition) is 11. The molecule has 4 unspecified atom stereocenters. The number of rotatable bonds is 13. The summed E-state index contributed by atoms with van der Waals surface area (Å²) in [6, 6.07) is 0. The van der Waals surface area contributed by atoms with Crippen LogP contribution in [0.25, 0.3) is 0 Å². The summed E-state index contributed by atoms with van der Waals surface area (Å²) in [4.78, 5) is 0. The van der Waals surface area contributed by atoms with Gasteiger partial charge < -0.3 is 55.6 Å². The van der Waals surface area contributed by atoms with Crippen LogP contribution in [0.4, 0.5) is 0 Å². The molecule has 1 saturated heterocycles. The molecular formula is C17H35NO10. The molecule has 1 rings (SSSR count). The fraction of sp³-hybridized carbons (Fsp3) is 1.00. The van der Waals surface area contributed by atoms with Crippen molar-refractivity contribution >= 4 is 0 Å². The molecule has 9 atom stereocenters. The van der Waals surface area contributed by atoms with Crippen molar-refractivity contribution in [2.75, 3.05) is 26.3 Å². The van der Waals surface area contributed by atoms with Crippen LogP contribution in [0, 0.1) is 0 Å². The second-order valence-corrected chi connectivity index (χ2v) is 7.02. The first kappa shape index (κ1) is 25.6. The van der Waals surface area contributed by atoms with Crippen LogP contribution >= 0.6 is 0 Å². The lowest BCUT2D eigenvalue weighted by Crippen LogP contribution is -2.61. The number of ether oxygens (including phenoxy) is 2. The Morgan fingerprint density at radius 1 is 0.964 bits per heavy atom. The van der Waals surface area contributed by atoms with Gasteiger partial charge in [0.2, 0.25) is 0 Å². The molecule has 11 heteroatoms. The van der Waals surface area contributed by atoms with E-state index in [4.69, 9.17) is 9.47 Å². The molecule has 0 radical (unpaired) electrons. The van der Waals surface area contributed by atoms with E-state index in [1.165, 1.54) is 0 Å².